The van der Waals surface area contributed by atoms with Crippen molar-refractivity contribution in [1.29, 1.82) is 0 Å². The monoisotopic (exact) mass is 271 g/mol. The van der Waals surface area contributed by atoms with Gasteiger partial charge in [-0.25, -0.2) is 4.39 Å². The maximum absolute atomic E-state index is 13.4. The Morgan fingerprint density at radius 2 is 1.89 bits per heavy atom. The number of benzene rings is 1. The molecule has 1 aromatic carbocycles. The average molecular weight is 271 g/mol. The summed E-state index contributed by atoms with van der Waals surface area (Å²) >= 11 is 0. The van der Waals surface area contributed by atoms with E-state index in [1.54, 1.807) is 0 Å². The summed E-state index contributed by atoms with van der Waals surface area (Å²) in [4.78, 5) is 7.72. The van der Waals surface area contributed by atoms with Crippen molar-refractivity contribution in [2.45, 2.75) is 12.2 Å². The molecule has 0 aliphatic carbocycles. The van der Waals surface area contributed by atoms with Crippen LogP contribution in [0.1, 0.15) is 22.9 Å². The Morgan fingerprint density at radius 3 is 2.42 bits per heavy atom. The van der Waals surface area contributed by atoms with Crippen LogP contribution in [-0.2, 0) is 6.18 Å². The minimum Gasteiger partial charge on any atom is -0.319 e. The third kappa shape index (κ3) is 2.87. The smallest absolute Gasteiger partial charge is 0.319 e. The normalized spacial score (nSPS) is 13.3. The first-order valence-corrected chi connectivity index (χ1v) is 5.27. The molecule has 1 aromatic heterocycles. The van der Waals surface area contributed by atoms with Gasteiger partial charge in [-0.1, -0.05) is 6.07 Å². The van der Waals surface area contributed by atoms with Gasteiger partial charge in [-0.05, 0) is 17.7 Å². The Balaban J connectivity index is 2.35. The highest BCUT2D eigenvalue weighted by atomic mass is 19.4. The minimum absolute atomic E-state index is 0.200. The van der Waals surface area contributed by atoms with E-state index in [1.165, 1.54) is 18.6 Å². The molecule has 1 unspecified atom stereocenters. The zero-order chi connectivity index (χ0) is 14.0. The van der Waals surface area contributed by atoms with E-state index in [-0.39, 0.29) is 5.56 Å². The summed E-state index contributed by atoms with van der Waals surface area (Å²) in [7, 11) is 0. The summed E-state index contributed by atoms with van der Waals surface area (Å²) in [6, 6.07) is 1.74. The molecule has 0 aliphatic rings. The van der Waals surface area contributed by atoms with Gasteiger partial charge in [-0.3, -0.25) is 9.97 Å². The van der Waals surface area contributed by atoms with Gasteiger partial charge >= 0.3 is 6.18 Å². The molecule has 0 fully saturated rings. The molecular weight excluding hydrogens is 262 g/mol. The van der Waals surface area contributed by atoms with Gasteiger partial charge in [0.25, 0.3) is 0 Å². The van der Waals surface area contributed by atoms with E-state index in [2.05, 4.69) is 9.97 Å². The van der Waals surface area contributed by atoms with E-state index in [4.69, 9.17) is 5.73 Å². The summed E-state index contributed by atoms with van der Waals surface area (Å²) in [6.07, 6.45) is -0.515. The summed E-state index contributed by atoms with van der Waals surface area (Å²) in [5.74, 6) is -1.36. The number of rotatable bonds is 2. The summed E-state index contributed by atoms with van der Waals surface area (Å²) < 4.78 is 50.6. The lowest BCUT2D eigenvalue weighted by Gasteiger charge is -2.13. The molecule has 0 aliphatic heterocycles. The number of nitrogens with zero attached hydrogens (tertiary/aromatic N) is 2. The Hall–Kier alpha value is -2.02. The molecule has 3 nitrogen and oxygen atoms in total. The maximum atomic E-state index is 13.4. The zero-order valence-electron chi connectivity index (χ0n) is 9.53. The largest absolute Gasteiger partial charge is 0.419 e. The van der Waals surface area contributed by atoms with Crippen molar-refractivity contribution >= 4 is 0 Å². The van der Waals surface area contributed by atoms with Gasteiger partial charge in [0.15, 0.2) is 0 Å². The molecule has 7 heteroatoms. The second kappa shape index (κ2) is 4.93. The molecule has 0 saturated heterocycles. The van der Waals surface area contributed by atoms with Gasteiger partial charge in [0.2, 0.25) is 0 Å². The van der Waals surface area contributed by atoms with Crippen molar-refractivity contribution in [3.8, 4) is 0 Å². The fourth-order valence-corrected chi connectivity index (χ4v) is 1.60. The van der Waals surface area contributed by atoms with Crippen LogP contribution in [0.15, 0.2) is 36.8 Å². The van der Waals surface area contributed by atoms with Crippen LogP contribution in [0, 0.1) is 5.82 Å². The van der Waals surface area contributed by atoms with Crippen molar-refractivity contribution in [1.82, 2.24) is 9.97 Å². The Morgan fingerprint density at radius 1 is 1.16 bits per heavy atom. The molecule has 100 valence electrons. The number of alkyl halides is 3. The van der Waals surface area contributed by atoms with E-state index in [0.29, 0.717) is 11.8 Å². The highest BCUT2D eigenvalue weighted by Crippen LogP contribution is 2.32. The van der Waals surface area contributed by atoms with Crippen LogP contribution in [-0.4, -0.2) is 9.97 Å². The predicted molar refractivity (Wildman–Crippen MR) is 59.5 cm³/mol. The minimum atomic E-state index is -4.72. The van der Waals surface area contributed by atoms with E-state index in [0.717, 1.165) is 12.1 Å². The molecule has 19 heavy (non-hydrogen) atoms. The molecular formula is C12H9F4N3. The number of hydrogen-bond acceptors (Lipinski definition) is 3. The van der Waals surface area contributed by atoms with Crippen LogP contribution >= 0.6 is 0 Å². The van der Waals surface area contributed by atoms with Gasteiger partial charge in [0.05, 0.1) is 23.5 Å². The van der Waals surface area contributed by atoms with Crippen molar-refractivity contribution in [3.63, 3.8) is 0 Å². The van der Waals surface area contributed by atoms with Crippen molar-refractivity contribution in [2.75, 3.05) is 0 Å². The van der Waals surface area contributed by atoms with Crippen LogP contribution in [0.5, 0.6) is 0 Å². The number of hydrogen-bond donors (Lipinski definition) is 1. The molecule has 0 bridgehead atoms. The zero-order valence-corrected chi connectivity index (χ0v) is 9.53. The quantitative estimate of drug-likeness (QED) is 0.854. The summed E-state index contributed by atoms with van der Waals surface area (Å²) in [6.45, 7) is 0. The third-order valence-corrected chi connectivity index (χ3v) is 2.56. The van der Waals surface area contributed by atoms with Crippen LogP contribution in [0.4, 0.5) is 17.6 Å². The first-order chi connectivity index (χ1) is 8.89. The number of nitrogens with two attached hydrogens (primary N) is 1. The van der Waals surface area contributed by atoms with Gasteiger partial charge in [0.1, 0.15) is 5.82 Å². The molecule has 1 atom stereocenters. The maximum Gasteiger partial charge on any atom is 0.419 e. The molecule has 0 amide bonds. The molecule has 0 radical (unpaired) electrons. The fraction of sp³-hybridized carbons (Fsp3) is 0.167. The van der Waals surface area contributed by atoms with Gasteiger partial charge in [-0.15, -0.1) is 0 Å². The van der Waals surface area contributed by atoms with E-state index in [1.807, 2.05) is 0 Å². The molecule has 1 heterocycles. The first kappa shape index (κ1) is 13.4. The molecule has 0 saturated carbocycles. The SMILES string of the molecule is NC(c1ccc(C(F)(F)F)c(F)c1)c1cnccn1. The molecule has 2 N–H and O–H groups in total. The summed E-state index contributed by atoms with van der Waals surface area (Å²) in [5, 5.41) is 0. The van der Waals surface area contributed by atoms with Gasteiger partial charge in [0, 0.05) is 12.4 Å². The van der Waals surface area contributed by atoms with E-state index < -0.39 is 23.6 Å². The lowest BCUT2D eigenvalue weighted by Crippen LogP contribution is -2.15. The van der Waals surface area contributed by atoms with Crippen LogP contribution in [0.3, 0.4) is 0 Å². The fourth-order valence-electron chi connectivity index (χ4n) is 1.60. The highest BCUT2D eigenvalue weighted by molar-refractivity contribution is 5.31. The Labute approximate surface area is 106 Å². The number of aromatic nitrogens is 2. The van der Waals surface area contributed by atoms with Crippen molar-refractivity contribution < 1.29 is 17.6 Å². The Kier molecular flexibility index (Phi) is 3.48. The summed E-state index contributed by atoms with van der Waals surface area (Å²) in [5.41, 5.74) is 5.03. The molecule has 2 aromatic rings. The van der Waals surface area contributed by atoms with E-state index in [9.17, 15) is 17.6 Å². The van der Waals surface area contributed by atoms with Gasteiger partial charge in [-0.2, -0.15) is 13.2 Å². The Bertz CT molecular complexity index is 569. The van der Waals surface area contributed by atoms with Crippen LogP contribution in [0.2, 0.25) is 0 Å². The third-order valence-electron chi connectivity index (χ3n) is 2.56. The lowest BCUT2D eigenvalue weighted by atomic mass is 10.0. The van der Waals surface area contributed by atoms with Crippen LogP contribution < -0.4 is 5.73 Å². The average Bonchev–Trinajstić information content (AvgIpc) is 2.37. The lowest BCUT2D eigenvalue weighted by molar-refractivity contribution is -0.140. The topological polar surface area (TPSA) is 51.8 Å². The first-order valence-electron chi connectivity index (χ1n) is 5.27. The van der Waals surface area contributed by atoms with Gasteiger partial charge < -0.3 is 5.73 Å². The molecule has 2 rings (SSSR count). The van der Waals surface area contributed by atoms with Crippen LogP contribution in [0.25, 0.3) is 0 Å². The van der Waals surface area contributed by atoms with Crippen molar-refractivity contribution in [2.24, 2.45) is 5.73 Å². The standard InChI is InChI=1S/C12H9F4N3/c13-9-5-7(1-2-8(9)12(14,15)16)11(17)10-6-18-3-4-19-10/h1-6,11H,17H2. The van der Waals surface area contributed by atoms with Crippen molar-refractivity contribution in [3.05, 3.63) is 59.4 Å². The highest BCUT2D eigenvalue weighted by Gasteiger charge is 2.34. The number of halogens is 4. The molecule has 0 spiro atoms. The second-order valence-corrected chi connectivity index (χ2v) is 3.84. The van der Waals surface area contributed by atoms with E-state index >= 15 is 0 Å². The second-order valence-electron chi connectivity index (χ2n) is 3.84. The predicted octanol–water partition coefficient (Wildman–Crippen LogP) is 2.68.